The highest BCUT2D eigenvalue weighted by Crippen LogP contribution is 2.31. The molecule has 7 heteroatoms. The molecule has 3 rings (SSSR count). The molecule has 0 spiro atoms. The molecule has 0 bridgehead atoms. The lowest BCUT2D eigenvalue weighted by Crippen LogP contribution is -3.14. The van der Waals surface area contributed by atoms with E-state index >= 15 is 0 Å². The van der Waals surface area contributed by atoms with Crippen LogP contribution in [0.3, 0.4) is 0 Å². The molecular weight excluding hydrogens is 352 g/mol. The summed E-state index contributed by atoms with van der Waals surface area (Å²) in [6.07, 6.45) is 0. The van der Waals surface area contributed by atoms with Gasteiger partial charge in [0.1, 0.15) is 5.75 Å². The molecule has 26 heavy (non-hydrogen) atoms. The number of nitrogens with zero attached hydrogens (tertiary/aromatic N) is 1. The molecule has 1 aliphatic rings. The lowest BCUT2D eigenvalue weighted by Gasteiger charge is -2.30. The zero-order valence-electron chi connectivity index (χ0n) is 15.1. The van der Waals surface area contributed by atoms with Gasteiger partial charge in [0, 0.05) is 0 Å². The normalized spacial score (nSPS) is 16.4. The van der Waals surface area contributed by atoms with Crippen molar-refractivity contribution < 1.29 is 22.8 Å². The SMILES string of the molecule is CC[NH+]1CCN(S(=O)(=O)c2ccc(Oc3ccccc3OC)cc2)CC1. The number of rotatable bonds is 6. The van der Waals surface area contributed by atoms with Crippen LogP contribution in [-0.4, -0.2) is 52.6 Å². The molecule has 0 saturated carbocycles. The highest BCUT2D eigenvalue weighted by Gasteiger charge is 2.29. The molecule has 1 saturated heterocycles. The number of hydrogen-bond acceptors (Lipinski definition) is 4. The molecule has 0 aromatic heterocycles. The van der Waals surface area contributed by atoms with E-state index in [-0.39, 0.29) is 0 Å². The van der Waals surface area contributed by atoms with Crippen LogP contribution in [0, 0.1) is 0 Å². The summed E-state index contributed by atoms with van der Waals surface area (Å²) in [4.78, 5) is 1.74. The molecular formula is C19H25N2O4S+. The maximum atomic E-state index is 12.8. The van der Waals surface area contributed by atoms with Gasteiger partial charge in [-0.25, -0.2) is 8.42 Å². The van der Waals surface area contributed by atoms with E-state index in [0.717, 1.165) is 19.6 Å². The first-order valence-corrected chi connectivity index (χ1v) is 10.2. The van der Waals surface area contributed by atoms with Gasteiger partial charge in [0.25, 0.3) is 0 Å². The van der Waals surface area contributed by atoms with Gasteiger partial charge in [-0.15, -0.1) is 0 Å². The van der Waals surface area contributed by atoms with E-state index in [1.165, 1.54) is 4.90 Å². The summed E-state index contributed by atoms with van der Waals surface area (Å²) in [5.41, 5.74) is 0. The first kappa shape index (κ1) is 18.7. The number of benzene rings is 2. The third kappa shape index (κ3) is 4.00. The summed E-state index contributed by atoms with van der Waals surface area (Å²) >= 11 is 0. The number of para-hydroxylation sites is 2. The van der Waals surface area contributed by atoms with E-state index in [4.69, 9.17) is 9.47 Å². The molecule has 1 heterocycles. The van der Waals surface area contributed by atoms with E-state index in [9.17, 15) is 8.42 Å². The smallest absolute Gasteiger partial charge is 0.243 e. The van der Waals surface area contributed by atoms with Crippen LogP contribution in [0.4, 0.5) is 0 Å². The Balaban J connectivity index is 1.73. The molecule has 1 aliphatic heterocycles. The molecule has 0 amide bonds. The Morgan fingerprint density at radius 2 is 1.62 bits per heavy atom. The average Bonchev–Trinajstić information content (AvgIpc) is 2.69. The summed E-state index contributed by atoms with van der Waals surface area (Å²) in [5.74, 6) is 1.78. The van der Waals surface area contributed by atoms with Gasteiger partial charge in [0.2, 0.25) is 10.0 Å². The number of quaternary nitrogens is 1. The van der Waals surface area contributed by atoms with Crippen molar-refractivity contribution in [1.29, 1.82) is 0 Å². The second kappa shape index (κ2) is 8.07. The van der Waals surface area contributed by atoms with Crippen molar-refractivity contribution >= 4 is 10.0 Å². The van der Waals surface area contributed by atoms with Crippen LogP contribution in [0.2, 0.25) is 0 Å². The minimum Gasteiger partial charge on any atom is -0.493 e. The lowest BCUT2D eigenvalue weighted by molar-refractivity contribution is -0.901. The second-order valence-corrected chi connectivity index (χ2v) is 8.17. The van der Waals surface area contributed by atoms with Gasteiger partial charge >= 0.3 is 0 Å². The Morgan fingerprint density at radius 3 is 2.19 bits per heavy atom. The predicted molar refractivity (Wildman–Crippen MR) is 99.5 cm³/mol. The first-order chi connectivity index (χ1) is 12.5. The minimum atomic E-state index is -3.46. The Labute approximate surface area is 155 Å². The van der Waals surface area contributed by atoms with Crippen LogP contribution >= 0.6 is 0 Å². The topological polar surface area (TPSA) is 60.3 Å². The molecule has 140 valence electrons. The van der Waals surface area contributed by atoms with Crippen molar-refractivity contribution in [2.24, 2.45) is 0 Å². The van der Waals surface area contributed by atoms with Gasteiger partial charge < -0.3 is 14.4 Å². The highest BCUT2D eigenvalue weighted by molar-refractivity contribution is 7.89. The van der Waals surface area contributed by atoms with Crippen LogP contribution in [0.1, 0.15) is 6.92 Å². The molecule has 2 aromatic rings. The number of sulfonamides is 1. The van der Waals surface area contributed by atoms with Gasteiger partial charge in [-0.05, 0) is 43.3 Å². The van der Waals surface area contributed by atoms with Crippen LogP contribution in [0.25, 0.3) is 0 Å². The second-order valence-electron chi connectivity index (χ2n) is 6.23. The van der Waals surface area contributed by atoms with Crippen molar-refractivity contribution in [3.05, 3.63) is 48.5 Å². The van der Waals surface area contributed by atoms with Crippen molar-refractivity contribution in [3.8, 4) is 17.2 Å². The molecule has 1 N–H and O–H groups in total. The van der Waals surface area contributed by atoms with Crippen molar-refractivity contribution in [1.82, 2.24) is 4.31 Å². The Morgan fingerprint density at radius 1 is 1.00 bits per heavy atom. The van der Waals surface area contributed by atoms with Gasteiger partial charge in [-0.3, -0.25) is 0 Å². The van der Waals surface area contributed by atoms with E-state index < -0.39 is 10.0 Å². The fraction of sp³-hybridized carbons (Fsp3) is 0.368. The minimum absolute atomic E-state index is 0.296. The average molecular weight is 377 g/mol. The molecule has 6 nitrogen and oxygen atoms in total. The van der Waals surface area contributed by atoms with Crippen LogP contribution in [0.15, 0.2) is 53.4 Å². The van der Waals surface area contributed by atoms with Crippen molar-refractivity contribution in [2.75, 3.05) is 39.8 Å². The van der Waals surface area contributed by atoms with Gasteiger partial charge in [0.05, 0.1) is 44.7 Å². The molecule has 2 aromatic carbocycles. The molecule has 1 fully saturated rings. The van der Waals surface area contributed by atoms with Crippen LogP contribution in [0.5, 0.6) is 17.2 Å². The zero-order chi connectivity index (χ0) is 18.6. The summed E-state index contributed by atoms with van der Waals surface area (Å²) in [6.45, 7) is 5.98. The summed E-state index contributed by atoms with van der Waals surface area (Å²) in [6, 6.07) is 13.9. The fourth-order valence-electron chi connectivity index (χ4n) is 3.06. The van der Waals surface area contributed by atoms with E-state index in [0.29, 0.717) is 35.2 Å². The predicted octanol–water partition coefficient (Wildman–Crippen LogP) is 1.40. The number of methoxy groups -OCH3 is 1. The van der Waals surface area contributed by atoms with Gasteiger partial charge in [-0.1, -0.05) is 12.1 Å². The third-order valence-corrected chi connectivity index (χ3v) is 6.60. The quantitative estimate of drug-likeness (QED) is 0.827. The van der Waals surface area contributed by atoms with E-state index in [1.807, 2.05) is 18.2 Å². The molecule has 0 aliphatic carbocycles. The maximum absolute atomic E-state index is 12.8. The third-order valence-electron chi connectivity index (χ3n) is 4.69. The zero-order valence-corrected chi connectivity index (χ0v) is 16.0. The summed E-state index contributed by atoms with van der Waals surface area (Å²) < 4.78 is 38.3. The van der Waals surface area contributed by atoms with Crippen LogP contribution < -0.4 is 14.4 Å². The monoisotopic (exact) mass is 377 g/mol. The Hall–Kier alpha value is -2.09. The molecule has 0 atom stereocenters. The number of likely N-dealkylation sites (N-methyl/N-ethyl adjacent to an activating group) is 1. The Kier molecular flexibility index (Phi) is 5.80. The summed E-state index contributed by atoms with van der Waals surface area (Å²) in [5, 5.41) is 0. The summed E-state index contributed by atoms with van der Waals surface area (Å²) in [7, 11) is -1.88. The number of hydrogen-bond donors (Lipinski definition) is 1. The van der Waals surface area contributed by atoms with E-state index in [2.05, 4.69) is 6.92 Å². The van der Waals surface area contributed by atoms with Crippen LogP contribution in [-0.2, 0) is 10.0 Å². The van der Waals surface area contributed by atoms with Crippen molar-refractivity contribution in [2.45, 2.75) is 11.8 Å². The largest absolute Gasteiger partial charge is 0.493 e. The molecule has 0 radical (unpaired) electrons. The first-order valence-electron chi connectivity index (χ1n) is 8.79. The van der Waals surface area contributed by atoms with E-state index in [1.54, 1.807) is 41.7 Å². The van der Waals surface area contributed by atoms with Gasteiger partial charge in [-0.2, -0.15) is 4.31 Å². The standard InChI is InChI=1S/C19H24N2O4S/c1-3-20-12-14-21(15-13-20)26(22,23)17-10-8-16(9-11-17)25-19-7-5-4-6-18(19)24-2/h4-11H,3,12-15H2,1-2H3/p+1. The van der Waals surface area contributed by atoms with Gasteiger partial charge in [0.15, 0.2) is 11.5 Å². The van der Waals surface area contributed by atoms with Crippen molar-refractivity contribution in [3.63, 3.8) is 0 Å². The highest BCUT2D eigenvalue weighted by atomic mass is 32.2. The number of piperazine rings is 1. The fourth-order valence-corrected chi connectivity index (χ4v) is 4.50. The lowest BCUT2D eigenvalue weighted by atomic mass is 10.3. The maximum Gasteiger partial charge on any atom is 0.243 e. The molecule has 0 unspecified atom stereocenters. The number of ether oxygens (including phenoxy) is 2. The number of nitrogens with one attached hydrogen (secondary N) is 1. The Bertz CT molecular complexity index is 829.